The van der Waals surface area contributed by atoms with Gasteiger partial charge in [-0.2, -0.15) is 0 Å². The highest BCUT2D eigenvalue weighted by Gasteiger charge is 2.18. The normalized spacial score (nSPS) is 16.3. The third-order valence-corrected chi connectivity index (χ3v) is 4.59. The number of aliphatic carboxylic acids is 1. The van der Waals surface area contributed by atoms with Gasteiger partial charge in [0, 0.05) is 18.8 Å². The molecule has 1 N–H and O–H groups in total. The summed E-state index contributed by atoms with van der Waals surface area (Å²) < 4.78 is 10.6. The minimum absolute atomic E-state index is 0.170. The molecule has 128 valence electrons. The molecule has 0 saturated carbocycles. The van der Waals surface area contributed by atoms with Gasteiger partial charge in [-0.25, -0.2) is 4.79 Å². The number of rotatable bonds is 4. The Balaban J connectivity index is 1.63. The predicted octanol–water partition coefficient (Wildman–Crippen LogP) is 3.64. The van der Waals surface area contributed by atoms with Gasteiger partial charge in [0.15, 0.2) is 11.5 Å². The van der Waals surface area contributed by atoms with E-state index in [9.17, 15) is 9.90 Å². The molecule has 0 unspecified atom stereocenters. The first-order valence-electron chi connectivity index (χ1n) is 8.41. The number of hydrogen-bond donors (Lipinski definition) is 1. The highest BCUT2D eigenvalue weighted by molar-refractivity contribution is 6.20. The van der Waals surface area contributed by atoms with Gasteiger partial charge in [-0.15, -0.1) is 0 Å². The van der Waals surface area contributed by atoms with Crippen LogP contribution in [0.3, 0.4) is 0 Å². The van der Waals surface area contributed by atoms with Crippen molar-refractivity contribution in [3.8, 4) is 11.5 Å². The van der Waals surface area contributed by atoms with Crippen molar-refractivity contribution in [2.45, 2.75) is 12.8 Å². The maximum atomic E-state index is 11.7. The lowest BCUT2D eigenvalue weighted by molar-refractivity contribution is -0.130. The summed E-state index contributed by atoms with van der Waals surface area (Å²) in [6.45, 7) is 2.35. The summed E-state index contributed by atoms with van der Waals surface area (Å²) in [7, 11) is 0. The molecule has 2 aromatic rings. The van der Waals surface area contributed by atoms with Crippen LogP contribution in [0.2, 0.25) is 0 Å². The molecule has 0 atom stereocenters. The first-order valence-corrected chi connectivity index (χ1v) is 8.41. The second-order valence-electron chi connectivity index (χ2n) is 6.22. The van der Waals surface area contributed by atoms with Crippen molar-refractivity contribution < 1.29 is 19.4 Å². The zero-order valence-corrected chi connectivity index (χ0v) is 13.8. The lowest BCUT2D eigenvalue weighted by Crippen LogP contribution is -2.17. The Morgan fingerprint density at radius 2 is 1.72 bits per heavy atom. The van der Waals surface area contributed by atoms with Gasteiger partial charge >= 0.3 is 5.97 Å². The molecular weight excluding hydrogens is 318 g/mol. The fourth-order valence-corrected chi connectivity index (χ4v) is 3.26. The number of carbonyl (C=O) groups is 1. The molecule has 0 bridgehead atoms. The SMILES string of the molecule is O=C(O)/C(=C\c1ccc(N2CCCC2)cc1)c1ccc2c(c1)OCO2. The number of ether oxygens (including phenoxy) is 2. The summed E-state index contributed by atoms with van der Waals surface area (Å²) in [5.74, 6) is 0.250. The molecule has 0 aliphatic carbocycles. The van der Waals surface area contributed by atoms with Gasteiger partial charge in [0.05, 0.1) is 5.57 Å². The molecule has 5 nitrogen and oxygen atoms in total. The molecule has 0 aromatic heterocycles. The van der Waals surface area contributed by atoms with Crippen LogP contribution in [0.5, 0.6) is 11.5 Å². The topological polar surface area (TPSA) is 59.0 Å². The maximum absolute atomic E-state index is 11.7. The van der Waals surface area contributed by atoms with E-state index in [0.717, 1.165) is 18.7 Å². The van der Waals surface area contributed by atoms with Gasteiger partial charge in [0.1, 0.15) is 0 Å². The predicted molar refractivity (Wildman–Crippen MR) is 96.0 cm³/mol. The van der Waals surface area contributed by atoms with Gasteiger partial charge in [-0.1, -0.05) is 18.2 Å². The van der Waals surface area contributed by atoms with Crippen molar-refractivity contribution in [1.82, 2.24) is 0 Å². The van der Waals surface area contributed by atoms with Gasteiger partial charge in [0.25, 0.3) is 0 Å². The molecule has 25 heavy (non-hydrogen) atoms. The Morgan fingerprint density at radius 3 is 2.44 bits per heavy atom. The average molecular weight is 337 g/mol. The minimum atomic E-state index is -0.970. The Morgan fingerprint density at radius 1 is 1.00 bits per heavy atom. The average Bonchev–Trinajstić information content (AvgIpc) is 3.31. The fraction of sp³-hybridized carbons (Fsp3) is 0.250. The monoisotopic (exact) mass is 337 g/mol. The van der Waals surface area contributed by atoms with Crippen LogP contribution < -0.4 is 14.4 Å². The largest absolute Gasteiger partial charge is 0.478 e. The van der Waals surface area contributed by atoms with Crippen LogP contribution in [0.15, 0.2) is 42.5 Å². The van der Waals surface area contributed by atoms with Crippen LogP contribution >= 0.6 is 0 Å². The second-order valence-corrected chi connectivity index (χ2v) is 6.22. The molecule has 2 aliphatic rings. The van der Waals surface area contributed by atoms with E-state index in [1.54, 1.807) is 24.3 Å². The Labute approximate surface area is 146 Å². The zero-order valence-electron chi connectivity index (χ0n) is 13.8. The van der Waals surface area contributed by atoms with Crippen molar-refractivity contribution in [3.63, 3.8) is 0 Å². The summed E-state index contributed by atoms with van der Waals surface area (Å²) in [6.07, 6.45) is 4.15. The quantitative estimate of drug-likeness (QED) is 0.682. The number of anilines is 1. The number of fused-ring (bicyclic) bond motifs is 1. The van der Waals surface area contributed by atoms with Crippen LogP contribution in [-0.4, -0.2) is 31.0 Å². The first-order chi connectivity index (χ1) is 12.2. The van der Waals surface area contributed by atoms with Crippen molar-refractivity contribution in [2.24, 2.45) is 0 Å². The molecule has 0 spiro atoms. The highest BCUT2D eigenvalue weighted by atomic mass is 16.7. The summed E-state index contributed by atoms with van der Waals surface area (Å²) in [5, 5.41) is 9.62. The maximum Gasteiger partial charge on any atom is 0.336 e. The van der Waals surface area contributed by atoms with E-state index < -0.39 is 5.97 Å². The van der Waals surface area contributed by atoms with E-state index >= 15 is 0 Å². The van der Waals surface area contributed by atoms with E-state index in [1.165, 1.54) is 18.5 Å². The number of hydrogen-bond acceptors (Lipinski definition) is 4. The molecule has 0 amide bonds. The van der Waals surface area contributed by atoms with Crippen LogP contribution in [-0.2, 0) is 4.79 Å². The number of nitrogens with zero attached hydrogens (tertiary/aromatic N) is 1. The lowest BCUT2D eigenvalue weighted by Gasteiger charge is -2.17. The number of carboxylic acids is 1. The molecule has 1 saturated heterocycles. The summed E-state index contributed by atoms with van der Waals surface area (Å²) in [6, 6.07) is 13.2. The molecule has 2 aromatic carbocycles. The molecular formula is C20H19NO4. The first kappa shape index (κ1) is 15.6. The van der Waals surface area contributed by atoms with Crippen LogP contribution in [0.1, 0.15) is 24.0 Å². The Kier molecular flexibility index (Phi) is 4.06. The van der Waals surface area contributed by atoms with Gasteiger partial charge in [-0.3, -0.25) is 0 Å². The number of benzene rings is 2. The molecule has 5 heteroatoms. The van der Waals surface area contributed by atoms with Crippen molar-refractivity contribution >= 4 is 23.3 Å². The van der Waals surface area contributed by atoms with Crippen LogP contribution in [0.25, 0.3) is 11.6 Å². The zero-order chi connectivity index (χ0) is 17.2. The highest BCUT2D eigenvalue weighted by Crippen LogP contribution is 2.35. The summed E-state index contributed by atoms with van der Waals surface area (Å²) in [5.41, 5.74) is 2.88. The van der Waals surface area contributed by atoms with Crippen LogP contribution in [0.4, 0.5) is 5.69 Å². The van der Waals surface area contributed by atoms with Crippen molar-refractivity contribution in [2.75, 3.05) is 24.8 Å². The van der Waals surface area contributed by atoms with E-state index in [4.69, 9.17) is 9.47 Å². The lowest BCUT2D eigenvalue weighted by atomic mass is 10.0. The number of carboxylic acid groups (broad SMARTS) is 1. The molecule has 1 fully saturated rings. The summed E-state index contributed by atoms with van der Waals surface area (Å²) >= 11 is 0. The smallest absolute Gasteiger partial charge is 0.336 e. The van der Waals surface area contributed by atoms with Crippen molar-refractivity contribution in [1.29, 1.82) is 0 Å². The van der Waals surface area contributed by atoms with E-state index in [-0.39, 0.29) is 12.4 Å². The molecule has 4 rings (SSSR count). The third-order valence-electron chi connectivity index (χ3n) is 4.59. The van der Waals surface area contributed by atoms with E-state index in [0.29, 0.717) is 17.1 Å². The molecule has 2 aliphatic heterocycles. The minimum Gasteiger partial charge on any atom is -0.478 e. The van der Waals surface area contributed by atoms with Crippen LogP contribution in [0, 0.1) is 0 Å². The Hall–Kier alpha value is -2.95. The van der Waals surface area contributed by atoms with Gasteiger partial charge in [0.2, 0.25) is 6.79 Å². The standard InChI is InChI=1S/C20H19NO4/c22-20(23)17(15-5-8-18-19(12-15)25-13-24-18)11-14-3-6-16(7-4-14)21-9-1-2-10-21/h3-8,11-12H,1-2,9-10,13H2,(H,22,23)/b17-11-. The van der Waals surface area contributed by atoms with Gasteiger partial charge in [-0.05, 0) is 54.3 Å². The van der Waals surface area contributed by atoms with E-state index in [1.807, 2.05) is 12.1 Å². The summed E-state index contributed by atoms with van der Waals surface area (Å²) in [4.78, 5) is 14.1. The second kappa shape index (κ2) is 6.51. The van der Waals surface area contributed by atoms with E-state index in [2.05, 4.69) is 17.0 Å². The Bertz CT molecular complexity index is 820. The fourth-order valence-electron chi connectivity index (χ4n) is 3.26. The van der Waals surface area contributed by atoms with Crippen molar-refractivity contribution in [3.05, 3.63) is 53.6 Å². The van der Waals surface area contributed by atoms with Gasteiger partial charge < -0.3 is 19.5 Å². The molecule has 2 heterocycles. The third kappa shape index (κ3) is 3.18. The molecule has 0 radical (unpaired) electrons.